The van der Waals surface area contributed by atoms with E-state index in [1.54, 1.807) is 13.0 Å². The molecule has 0 spiro atoms. The molecule has 9 heteroatoms. The Bertz CT molecular complexity index is 2720. The molecule has 0 radical (unpaired) electrons. The third-order valence-corrected chi connectivity index (χ3v) is 24.2. The second-order valence-electron chi connectivity index (χ2n) is 27.2. The summed E-state index contributed by atoms with van der Waals surface area (Å²) in [6.45, 7) is 27.0. The number of carbonyl (C=O) groups is 4. The molecule has 6 fully saturated rings. The molecule has 1 aliphatic heterocycles. The maximum Gasteiger partial charge on any atom is 0.317 e. The average Bonchev–Trinajstić information content (AvgIpc) is 3.30. The number of aliphatic hydroxyl groups is 1. The van der Waals surface area contributed by atoms with Crippen LogP contribution in [0.4, 0.5) is 0 Å². The lowest BCUT2D eigenvalue weighted by atomic mass is 9.34. The molecule has 0 saturated heterocycles. The largest absolute Gasteiger partial charge is 0.471 e. The first kappa shape index (κ1) is 47.4. The van der Waals surface area contributed by atoms with Crippen LogP contribution in [0.25, 0.3) is 0 Å². The SMILES string of the molecule is COC(=O)[C@]1(C)CC[C@]2(C)CC[C@]3(C)C4=CC=C5C(=CC(=O)[C@@]6(O)Oc7cc8c(c(C)c7O[C@@]56C)C(=O)C=C5[C@@]8(C)CC[C@@]6(C)C7C[C@](C)(C(=O)OC)CC[C@]7(C)CC[C@]56C)[C@]4(C)CC[C@@]3(C)C2C1. The van der Waals surface area contributed by atoms with E-state index in [1.165, 1.54) is 19.8 Å². The molecule has 10 aliphatic rings. The molecular formula is C60H78O9. The van der Waals surface area contributed by atoms with Crippen LogP contribution in [0.15, 0.2) is 52.7 Å². The van der Waals surface area contributed by atoms with E-state index in [-0.39, 0.29) is 61.9 Å². The Morgan fingerprint density at radius 2 is 1.12 bits per heavy atom. The highest BCUT2D eigenvalue weighted by molar-refractivity contribution is 6.10. The molecule has 0 amide bonds. The van der Waals surface area contributed by atoms with Gasteiger partial charge in [-0.05, 0) is 197 Å². The maximum absolute atomic E-state index is 15.0. The molecule has 0 aromatic heterocycles. The standard InChI is InChI=1S/C60H78O9/c1-34-45-37(54(7)24-28-58(11)43-33-52(5,48(64)67-14)20-18-50(43,3)22-26-56(58,9)41(54)31-38(45)61)29-39-46(34)69-59(12)35-15-16-40-53(6,36(35)30-44(62)60(59,65)68-39)23-27-57(10)42-32-51(4,47(63)66-13)19-17-49(42,2)21-25-55(40,57)8/h15-16,29-31,42-43,65H,17-28,32-33H2,1-14H3/t42?,43?,49-,50-,51-,52-,53+,54+,55-,56-,57+,58+,59+,60-/m1/s1. The van der Waals surface area contributed by atoms with Gasteiger partial charge < -0.3 is 24.1 Å². The Balaban J connectivity index is 0.968. The topological polar surface area (TPSA) is 125 Å². The van der Waals surface area contributed by atoms with Crippen molar-refractivity contribution in [2.75, 3.05) is 14.2 Å². The summed E-state index contributed by atoms with van der Waals surface area (Å²) in [7, 11) is 3.01. The highest BCUT2D eigenvalue weighted by Gasteiger charge is 2.72. The third kappa shape index (κ3) is 5.38. The highest BCUT2D eigenvalue weighted by atomic mass is 16.7. The van der Waals surface area contributed by atoms with Gasteiger partial charge in [-0.15, -0.1) is 0 Å². The van der Waals surface area contributed by atoms with Crippen LogP contribution in [0.1, 0.15) is 188 Å². The zero-order chi connectivity index (χ0) is 49.9. The first-order chi connectivity index (χ1) is 32.0. The fourth-order valence-electron chi connectivity index (χ4n) is 18.9. The summed E-state index contributed by atoms with van der Waals surface area (Å²) in [5.74, 6) is -1.99. The van der Waals surface area contributed by atoms with Gasteiger partial charge in [-0.3, -0.25) is 19.2 Å². The van der Waals surface area contributed by atoms with Crippen molar-refractivity contribution in [1.29, 1.82) is 0 Å². The van der Waals surface area contributed by atoms with E-state index >= 15 is 0 Å². The quantitative estimate of drug-likeness (QED) is 0.289. The monoisotopic (exact) mass is 943 g/mol. The zero-order valence-corrected chi connectivity index (χ0v) is 44.2. The summed E-state index contributed by atoms with van der Waals surface area (Å²) in [5, 5.41) is 12.9. The van der Waals surface area contributed by atoms with E-state index in [1.807, 2.05) is 19.1 Å². The van der Waals surface area contributed by atoms with E-state index in [9.17, 15) is 24.3 Å². The Hall–Kier alpha value is -3.98. The van der Waals surface area contributed by atoms with E-state index in [0.29, 0.717) is 22.8 Å². The second-order valence-corrected chi connectivity index (χ2v) is 27.2. The minimum Gasteiger partial charge on any atom is -0.471 e. The second kappa shape index (κ2) is 13.7. The van der Waals surface area contributed by atoms with E-state index in [2.05, 4.69) is 81.4 Å². The van der Waals surface area contributed by atoms with Gasteiger partial charge in [-0.2, -0.15) is 0 Å². The molecule has 372 valence electrons. The molecule has 1 aromatic carbocycles. The first-order valence-corrected chi connectivity index (χ1v) is 26.4. The van der Waals surface area contributed by atoms with Crippen molar-refractivity contribution < 1.29 is 43.2 Å². The summed E-state index contributed by atoms with van der Waals surface area (Å²) in [6.07, 6.45) is 20.5. The Kier molecular flexibility index (Phi) is 9.43. The summed E-state index contributed by atoms with van der Waals surface area (Å²) in [6, 6.07) is 1.91. The molecule has 1 N–H and O–H groups in total. The van der Waals surface area contributed by atoms with Gasteiger partial charge in [-0.1, -0.05) is 73.1 Å². The van der Waals surface area contributed by atoms with Gasteiger partial charge in [0.1, 0.15) is 0 Å². The lowest BCUT2D eigenvalue weighted by Gasteiger charge is -2.70. The molecule has 1 heterocycles. The maximum atomic E-state index is 15.0. The molecule has 2 unspecified atom stereocenters. The molecule has 69 heavy (non-hydrogen) atoms. The van der Waals surface area contributed by atoms with Crippen molar-refractivity contribution in [2.45, 2.75) is 190 Å². The summed E-state index contributed by atoms with van der Waals surface area (Å²) in [4.78, 5) is 56.5. The van der Waals surface area contributed by atoms with Gasteiger partial charge in [0.15, 0.2) is 17.3 Å². The minimum atomic E-state index is -2.37. The van der Waals surface area contributed by atoms with Crippen molar-refractivity contribution in [2.24, 2.45) is 60.6 Å². The van der Waals surface area contributed by atoms with Gasteiger partial charge in [0.05, 0.1) is 25.0 Å². The van der Waals surface area contributed by atoms with Crippen LogP contribution in [-0.4, -0.2) is 54.2 Å². The van der Waals surface area contributed by atoms with Crippen LogP contribution in [0, 0.1) is 67.5 Å². The number of hydrogen-bond acceptors (Lipinski definition) is 9. The van der Waals surface area contributed by atoms with Crippen LogP contribution in [0.5, 0.6) is 11.5 Å². The zero-order valence-electron chi connectivity index (χ0n) is 44.2. The normalized spacial score (nSPS) is 48.9. The summed E-state index contributed by atoms with van der Waals surface area (Å²) in [5.41, 5.74) is 1.75. The smallest absolute Gasteiger partial charge is 0.317 e. The molecule has 0 bridgehead atoms. The lowest BCUT2D eigenvalue weighted by Crippen LogP contribution is -2.70. The van der Waals surface area contributed by atoms with Crippen molar-refractivity contribution in [1.82, 2.24) is 0 Å². The number of allylic oxidation sites excluding steroid dienone is 5. The van der Waals surface area contributed by atoms with E-state index in [4.69, 9.17) is 18.9 Å². The molecule has 14 atom stereocenters. The predicted molar refractivity (Wildman–Crippen MR) is 263 cm³/mol. The highest BCUT2D eigenvalue weighted by Crippen LogP contribution is 2.78. The number of esters is 2. The summed E-state index contributed by atoms with van der Waals surface area (Å²) >= 11 is 0. The molecule has 1 aromatic rings. The number of carbonyl (C=O) groups excluding carboxylic acids is 4. The molecule has 9 aliphatic carbocycles. The van der Waals surface area contributed by atoms with Crippen LogP contribution < -0.4 is 9.47 Å². The van der Waals surface area contributed by atoms with E-state index in [0.717, 1.165) is 112 Å². The molecule has 11 rings (SSSR count). The fraction of sp³-hybridized carbons (Fsp3) is 0.700. The predicted octanol–water partition coefficient (Wildman–Crippen LogP) is 12.1. The van der Waals surface area contributed by atoms with E-state index < -0.39 is 38.8 Å². The number of fused-ring (bicyclic) bond motifs is 17. The third-order valence-electron chi connectivity index (χ3n) is 24.2. The lowest BCUT2D eigenvalue weighted by molar-refractivity contribution is -0.231. The van der Waals surface area contributed by atoms with Crippen LogP contribution >= 0.6 is 0 Å². The van der Waals surface area contributed by atoms with Gasteiger partial charge in [0.2, 0.25) is 11.4 Å². The molecule has 6 saturated carbocycles. The number of benzene rings is 1. The van der Waals surface area contributed by atoms with Crippen molar-refractivity contribution in [3.63, 3.8) is 0 Å². The Morgan fingerprint density at radius 1 is 0.609 bits per heavy atom. The first-order valence-electron chi connectivity index (χ1n) is 26.4. The van der Waals surface area contributed by atoms with Gasteiger partial charge in [-0.25, -0.2) is 0 Å². The van der Waals surface area contributed by atoms with Gasteiger partial charge >= 0.3 is 17.7 Å². The van der Waals surface area contributed by atoms with Gasteiger partial charge in [0, 0.05) is 27.5 Å². The number of methoxy groups -OCH3 is 2. The minimum absolute atomic E-state index is 0.0570. The molecular weight excluding hydrogens is 865 g/mol. The van der Waals surface area contributed by atoms with Crippen LogP contribution in [0.3, 0.4) is 0 Å². The number of rotatable bonds is 2. The number of ether oxygens (including phenoxy) is 4. The number of hydrogen-bond donors (Lipinski definition) is 1. The Labute approximate surface area is 410 Å². The van der Waals surface area contributed by atoms with Crippen molar-refractivity contribution in [3.8, 4) is 11.5 Å². The molecule has 9 nitrogen and oxygen atoms in total. The van der Waals surface area contributed by atoms with Crippen molar-refractivity contribution >= 4 is 23.5 Å². The van der Waals surface area contributed by atoms with Crippen molar-refractivity contribution in [3.05, 3.63) is 69.4 Å². The Morgan fingerprint density at radius 3 is 1.65 bits per heavy atom. The van der Waals surface area contributed by atoms with Crippen LogP contribution in [-0.2, 0) is 29.3 Å². The fourth-order valence-corrected chi connectivity index (χ4v) is 18.9. The van der Waals surface area contributed by atoms with Gasteiger partial charge in [0.25, 0.3) is 0 Å². The summed E-state index contributed by atoms with van der Waals surface area (Å²) < 4.78 is 24.7. The average molecular weight is 943 g/mol. The van der Waals surface area contributed by atoms with Crippen LogP contribution in [0.2, 0.25) is 0 Å². The number of ketones is 2.